The van der Waals surface area contributed by atoms with Crippen LogP contribution in [0.1, 0.15) is 0 Å². The van der Waals surface area contributed by atoms with Crippen molar-refractivity contribution in [3.63, 3.8) is 0 Å². The molecule has 64 valence electrons. The van der Waals surface area contributed by atoms with Gasteiger partial charge in [0.2, 0.25) is 0 Å². The summed E-state index contributed by atoms with van der Waals surface area (Å²) in [7, 11) is 0. The lowest BCUT2D eigenvalue weighted by molar-refractivity contribution is -0.148. The number of aliphatic hydroxyl groups excluding tert-OH is 2. The fourth-order valence-corrected chi connectivity index (χ4v) is 0.910. The topological polar surface area (TPSA) is 102 Å². The van der Waals surface area contributed by atoms with Crippen molar-refractivity contribution >= 4 is 5.97 Å². The first-order valence-corrected chi connectivity index (χ1v) is 3.20. The molecule has 11 heavy (non-hydrogen) atoms. The van der Waals surface area contributed by atoms with Gasteiger partial charge in [0.15, 0.2) is 0 Å². The minimum absolute atomic E-state index is 0.144. The van der Waals surface area contributed by atoms with E-state index in [1.165, 1.54) is 0 Å². The van der Waals surface area contributed by atoms with Crippen LogP contribution in [0.25, 0.3) is 0 Å². The van der Waals surface area contributed by atoms with Gasteiger partial charge in [0.25, 0.3) is 0 Å². The highest BCUT2D eigenvalue weighted by Crippen LogP contribution is 2.02. The number of nitrogens with one attached hydrogen (secondary N) is 2. The quantitative estimate of drug-likeness (QED) is 0.287. The zero-order valence-corrected chi connectivity index (χ0v) is 5.69. The molecule has 6 heteroatoms. The third kappa shape index (κ3) is 1.66. The predicted octanol–water partition coefficient (Wildman–Crippen LogP) is -2.73. The third-order valence-corrected chi connectivity index (χ3v) is 1.57. The Hall–Kier alpha value is -0.690. The van der Waals surface area contributed by atoms with E-state index in [-0.39, 0.29) is 6.54 Å². The highest BCUT2D eigenvalue weighted by molar-refractivity contribution is 5.74. The SMILES string of the molecule is O=C(O)[C@@H]1NNC[C@@H](O)[C@H]1O. The fraction of sp³-hybridized carbons (Fsp3) is 0.800. The number of carboxylic acid groups (broad SMARTS) is 1. The van der Waals surface area contributed by atoms with Gasteiger partial charge < -0.3 is 15.3 Å². The number of hydrogen-bond donors (Lipinski definition) is 5. The van der Waals surface area contributed by atoms with Crippen molar-refractivity contribution in [1.82, 2.24) is 10.9 Å². The lowest BCUT2D eigenvalue weighted by atomic mass is 10.0. The Balaban J connectivity index is 2.58. The van der Waals surface area contributed by atoms with E-state index in [1.807, 2.05) is 0 Å². The fourth-order valence-electron chi connectivity index (χ4n) is 0.910. The molecule has 5 N–H and O–H groups in total. The lowest BCUT2D eigenvalue weighted by Gasteiger charge is -2.30. The van der Waals surface area contributed by atoms with Crippen LogP contribution in [-0.4, -0.2) is 46.1 Å². The van der Waals surface area contributed by atoms with Gasteiger partial charge in [0.05, 0.1) is 6.10 Å². The molecule has 1 aliphatic heterocycles. The summed E-state index contributed by atoms with van der Waals surface area (Å²) in [5.41, 5.74) is 4.79. The molecule has 0 amide bonds. The first-order chi connectivity index (χ1) is 5.13. The van der Waals surface area contributed by atoms with Crippen molar-refractivity contribution in [2.75, 3.05) is 6.54 Å². The molecule has 0 bridgehead atoms. The van der Waals surface area contributed by atoms with Crippen molar-refractivity contribution < 1.29 is 20.1 Å². The Bertz CT molecular complexity index is 163. The molecule has 0 aromatic rings. The number of hydrogen-bond acceptors (Lipinski definition) is 5. The summed E-state index contributed by atoms with van der Waals surface area (Å²) in [6.07, 6.45) is -2.29. The van der Waals surface area contributed by atoms with E-state index in [4.69, 9.17) is 15.3 Å². The van der Waals surface area contributed by atoms with E-state index >= 15 is 0 Å². The molecule has 1 aliphatic rings. The van der Waals surface area contributed by atoms with Gasteiger partial charge in [-0.3, -0.25) is 10.2 Å². The minimum Gasteiger partial charge on any atom is -0.480 e. The molecule has 0 saturated carbocycles. The molecule has 0 aromatic heterocycles. The molecule has 1 rings (SSSR count). The number of carbonyl (C=O) groups is 1. The van der Waals surface area contributed by atoms with E-state index in [0.29, 0.717) is 0 Å². The highest BCUT2D eigenvalue weighted by Gasteiger charge is 2.34. The van der Waals surface area contributed by atoms with Crippen LogP contribution in [0.2, 0.25) is 0 Å². The van der Waals surface area contributed by atoms with Gasteiger partial charge in [-0.05, 0) is 0 Å². The minimum atomic E-state index is -1.26. The smallest absolute Gasteiger partial charge is 0.324 e. The molecule has 0 spiro atoms. The van der Waals surface area contributed by atoms with Gasteiger partial charge in [0.1, 0.15) is 12.1 Å². The summed E-state index contributed by atoms with van der Waals surface area (Å²) in [6.45, 7) is 0.144. The van der Waals surface area contributed by atoms with Gasteiger partial charge in [-0.15, -0.1) is 0 Å². The van der Waals surface area contributed by atoms with E-state index in [1.54, 1.807) is 0 Å². The summed E-state index contributed by atoms with van der Waals surface area (Å²) in [5, 5.41) is 26.5. The van der Waals surface area contributed by atoms with Crippen molar-refractivity contribution in [3.8, 4) is 0 Å². The number of β-amino-alcohol motifs (C(OH)–C–C–N with tert-alkyl or cyclic N) is 1. The normalized spacial score (nSPS) is 38.5. The first-order valence-electron chi connectivity index (χ1n) is 3.20. The van der Waals surface area contributed by atoms with E-state index in [9.17, 15) is 4.79 Å². The Morgan fingerprint density at radius 1 is 1.45 bits per heavy atom. The number of rotatable bonds is 1. The van der Waals surface area contributed by atoms with E-state index in [0.717, 1.165) is 0 Å². The van der Waals surface area contributed by atoms with Crippen LogP contribution in [0.4, 0.5) is 0 Å². The molecule has 6 nitrogen and oxygen atoms in total. The largest absolute Gasteiger partial charge is 0.480 e. The summed E-state index contributed by atoms with van der Waals surface area (Å²) in [5.74, 6) is -1.19. The molecule has 0 radical (unpaired) electrons. The molecular weight excluding hydrogens is 152 g/mol. The molecule has 0 aliphatic carbocycles. The predicted molar refractivity (Wildman–Crippen MR) is 34.6 cm³/mol. The summed E-state index contributed by atoms with van der Waals surface area (Å²) in [4.78, 5) is 10.3. The number of carboxylic acids is 1. The molecular formula is C5H10N2O4. The summed E-state index contributed by atoms with van der Waals surface area (Å²) < 4.78 is 0. The molecule has 1 saturated heterocycles. The van der Waals surface area contributed by atoms with E-state index in [2.05, 4.69) is 10.9 Å². The highest BCUT2D eigenvalue weighted by atomic mass is 16.4. The second kappa shape index (κ2) is 3.14. The second-order valence-corrected chi connectivity index (χ2v) is 2.40. The van der Waals surface area contributed by atoms with E-state index < -0.39 is 24.2 Å². The maximum absolute atomic E-state index is 10.3. The van der Waals surface area contributed by atoms with Gasteiger partial charge in [-0.2, -0.15) is 0 Å². The maximum Gasteiger partial charge on any atom is 0.324 e. The Labute approximate surface area is 62.8 Å². The maximum atomic E-state index is 10.3. The van der Waals surface area contributed by atoms with Crippen molar-refractivity contribution in [1.29, 1.82) is 0 Å². The molecule has 0 aromatic carbocycles. The average molecular weight is 162 g/mol. The third-order valence-electron chi connectivity index (χ3n) is 1.57. The molecule has 0 unspecified atom stereocenters. The Morgan fingerprint density at radius 3 is 2.55 bits per heavy atom. The number of aliphatic hydroxyl groups is 2. The molecule has 1 fully saturated rings. The van der Waals surface area contributed by atoms with Crippen molar-refractivity contribution in [3.05, 3.63) is 0 Å². The van der Waals surface area contributed by atoms with Gasteiger partial charge in [0, 0.05) is 6.54 Å². The number of hydrazine groups is 1. The zero-order valence-electron chi connectivity index (χ0n) is 5.69. The van der Waals surface area contributed by atoms with Crippen LogP contribution in [0, 0.1) is 0 Å². The van der Waals surface area contributed by atoms with Crippen LogP contribution < -0.4 is 10.9 Å². The lowest BCUT2D eigenvalue weighted by Crippen LogP contribution is -2.63. The van der Waals surface area contributed by atoms with Gasteiger partial charge >= 0.3 is 5.97 Å². The molecule has 1 heterocycles. The zero-order chi connectivity index (χ0) is 8.43. The number of aliphatic carboxylic acids is 1. The van der Waals surface area contributed by atoms with Crippen LogP contribution in [0.5, 0.6) is 0 Å². The van der Waals surface area contributed by atoms with Crippen LogP contribution >= 0.6 is 0 Å². The second-order valence-electron chi connectivity index (χ2n) is 2.40. The summed E-state index contributed by atoms with van der Waals surface area (Å²) >= 11 is 0. The Morgan fingerprint density at radius 2 is 2.09 bits per heavy atom. The van der Waals surface area contributed by atoms with Gasteiger partial charge in [-0.1, -0.05) is 0 Å². The standard InChI is InChI=1S/C5H10N2O4/c8-2-1-6-7-3(4(2)9)5(10)11/h2-4,6-9H,1H2,(H,10,11)/t2-,3-,4-/m1/s1. The van der Waals surface area contributed by atoms with Gasteiger partial charge in [-0.25, -0.2) is 5.43 Å². The summed E-state index contributed by atoms with van der Waals surface area (Å²) in [6, 6.07) is -1.14. The average Bonchev–Trinajstić information content (AvgIpc) is 1.94. The first kappa shape index (κ1) is 8.41. The van der Waals surface area contributed by atoms with Crippen LogP contribution in [0.15, 0.2) is 0 Å². The van der Waals surface area contributed by atoms with Crippen molar-refractivity contribution in [2.24, 2.45) is 0 Å². The Kier molecular flexibility index (Phi) is 2.40. The monoisotopic (exact) mass is 162 g/mol. The van der Waals surface area contributed by atoms with Crippen LogP contribution in [-0.2, 0) is 4.79 Å². The van der Waals surface area contributed by atoms with Crippen molar-refractivity contribution in [2.45, 2.75) is 18.2 Å². The molecule has 3 atom stereocenters. The van der Waals surface area contributed by atoms with Crippen LogP contribution in [0.3, 0.4) is 0 Å².